The number of unbranched alkanes of at least 4 members (excludes halogenated alkanes) is 4. The summed E-state index contributed by atoms with van der Waals surface area (Å²) in [5, 5.41) is 0. The zero-order chi connectivity index (χ0) is 6.24. The van der Waals surface area contributed by atoms with Crippen LogP contribution in [-0.4, -0.2) is 0 Å². The van der Waals surface area contributed by atoms with Gasteiger partial charge in [0, 0.05) is 19.5 Å². The summed E-state index contributed by atoms with van der Waals surface area (Å²) in [4.78, 5) is 0. The normalized spacial score (nSPS) is 8.11. The van der Waals surface area contributed by atoms with Gasteiger partial charge in [-0.25, -0.2) is 0 Å². The Labute approximate surface area is 71.5 Å². The van der Waals surface area contributed by atoms with E-state index in [1.807, 2.05) is 6.08 Å². The molecular weight excluding hydrogens is 161 g/mol. The van der Waals surface area contributed by atoms with Gasteiger partial charge in [0.05, 0.1) is 0 Å². The Bertz CT molecular complexity index is 50.5. The molecule has 0 amide bonds. The summed E-state index contributed by atoms with van der Waals surface area (Å²) in [7, 11) is 0. The number of allylic oxidation sites excluding steroid dienone is 1. The maximum atomic E-state index is 3.65. The standard InChI is InChI=1S/C8H15.Zn/c1-3-5-7-8-6-4-2;/h3-4H,1,5-8H2,2H3;/q-1;. The fourth-order valence-electron chi connectivity index (χ4n) is 0.637. The van der Waals surface area contributed by atoms with Crippen LogP contribution in [0.3, 0.4) is 0 Å². The first-order chi connectivity index (χ1) is 3.91. The fraction of sp³-hybridized carbons (Fsp3) is 0.625. The molecule has 0 atom stereocenters. The molecule has 50 valence electrons. The van der Waals surface area contributed by atoms with Crippen molar-refractivity contribution in [1.82, 2.24) is 0 Å². The van der Waals surface area contributed by atoms with E-state index >= 15 is 0 Å². The first kappa shape index (κ1) is 12.1. The van der Waals surface area contributed by atoms with Crippen molar-refractivity contribution in [3.63, 3.8) is 0 Å². The van der Waals surface area contributed by atoms with Crippen LogP contribution >= 0.6 is 0 Å². The molecule has 0 unspecified atom stereocenters. The Balaban J connectivity index is 0. The van der Waals surface area contributed by atoms with Gasteiger partial charge in [0.25, 0.3) is 0 Å². The SMILES string of the molecule is C=CCCCC[CH-]C.[Zn]. The molecule has 0 aromatic rings. The van der Waals surface area contributed by atoms with E-state index in [1.54, 1.807) is 0 Å². The Morgan fingerprint density at radius 3 is 2.56 bits per heavy atom. The molecule has 0 aliphatic heterocycles. The zero-order valence-electron chi connectivity index (χ0n) is 6.40. The van der Waals surface area contributed by atoms with Gasteiger partial charge < -0.3 is 6.42 Å². The molecular formula is C8H15Zn-. The third-order valence-corrected chi connectivity index (χ3v) is 1.15. The van der Waals surface area contributed by atoms with Gasteiger partial charge in [-0.05, 0) is 6.42 Å². The first-order valence-corrected chi connectivity index (χ1v) is 3.30. The molecule has 0 aromatic heterocycles. The van der Waals surface area contributed by atoms with E-state index in [2.05, 4.69) is 19.9 Å². The summed E-state index contributed by atoms with van der Waals surface area (Å²) in [5.41, 5.74) is 0. The summed E-state index contributed by atoms with van der Waals surface area (Å²) in [5.74, 6) is 0. The minimum Gasteiger partial charge on any atom is -0.332 e. The Hall–Kier alpha value is 0.363. The van der Waals surface area contributed by atoms with Crippen LogP contribution in [0.2, 0.25) is 0 Å². The van der Waals surface area contributed by atoms with E-state index in [4.69, 9.17) is 0 Å². The van der Waals surface area contributed by atoms with E-state index < -0.39 is 0 Å². The van der Waals surface area contributed by atoms with Crippen molar-refractivity contribution in [1.29, 1.82) is 0 Å². The van der Waals surface area contributed by atoms with Crippen molar-refractivity contribution in [2.45, 2.75) is 32.6 Å². The first-order valence-electron chi connectivity index (χ1n) is 3.30. The third kappa shape index (κ3) is 11.8. The average Bonchev–Trinajstić information content (AvgIpc) is 1.81. The van der Waals surface area contributed by atoms with Crippen LogP contribution in [0.5, 0.6) is 0 Å². The van der Waals surface area contributed by atoms with Crippen molar-refractivity contribution in [3.05, 3.63) is 19.1 Å². The molecule has 0 N–H and O–H groups in total. The third-order valence-electron chi connectivity index (χ3n) is 1.15. The van der Waals surface area contributed by atoms with E-state index in [0.717, 1.165) is 0 Å². The van der Waals surface area contributed by atoms with Gasteiger partial charge in [-0.1, -0.05) is 18.9 Å². The van der Waals surface area contributed by atoms with Crippen LogP contribution in [0.1, 0.15) is 32.6 Å². The van der Waals surface area contributed by atoms with Crippen LogP contribution < -0.4 is 0 Å². The Morgan fingerprint density at radius 2 is 2.11 bits per heavy atom. The Morgan fingerprint density at radius 1 is 1.44 bits per heavy atom. The van der Waals surface area contributed by atoms with E-state index in [0.29, 0.717) is 0 Å². The van der Waals surface area contributed by atoms with Gasteiger partial charge >= 0.3 is 0 Å². The second-order valence-corrected chi connectivity index (χ2v) is 1.98. The average molecular weight is 177 g/mol. The van der Waals surface area contributed by atoms with Crippen LogP contribution in [-0.2, 0) is 19.5 Å². The molecule has 0 aromatic carbocycles. The molecule has 1 heteroatoms. The second kappa shape index (κ2) is 11.2. The molecule has 0 aliphatic rings. The predicted octanol–water partition coefficient (Wildman–Crippen LogP) is 2.95. The summed E-state index contributed by atoms with van der Waals surface area (Å²) >= 11 is 0. The maximum Gasteiger partial charge on any atom is 0 e. The molecule has 0 spiro atoms. The van der Waals surface area contributed by atoms with Crippen LogP contribution in [0.4, 0.5) is 0 Å². The van der Waals surface area contributed by atoms with Crippen molar-refractivity contribution >= 4 is 0 Å². The van der Waals surface area contributed by atoms with Gasteiger partial charge in [0.2, 0.25) is 0 Å². The summed E-state index contributed by atoms with van der Waals surface area (Å²) in [6.07, 6.45) is 9.25. The van der Waals surface area contributed by atoms with Crippen LogP contribution in [0, 0.1) is 6.42 Å². The number of hydrogen-bond donors (Lipinski definition) is 0. The molecule has 0 saturated heterocycles. The summed E-state index contributed by atoms with van der Waals surface area (Å²) in [6, 6.07) is 0. The van der Waals surface area contributed by atoms with Crippen LogP contribution in [0.15, 0.2) is 12.7 Å². The smallest absolute Gasteiger partial charge is 0 e. The van der Waals surface area contributed by atoms with Crippen molar-refractivity contribution in [3.8, 4) is 0 Å². The molecule has 0 aliphatic carbocycles. The van der Waals surface area contributed by atoms with Gasteiger partial charge in [0.1, 0.15) is 0 Å². The minimum absolute atomic E-state index is 0. The van der Waals surface area contributed by atoms with Gasteiger partial charge in [-0.15, -0.1) is 6.58 Å². The Kier molecular flexibility index (Phi) is 15.0. The van der Waals surface area contributed by atoms with Gasteiger partial charge in [-0.2, -0.15) is 13.3 Å². The zero-order valence-corrected chi connectivity index (χ0v) is 9.36. The molecule has 0 rings (SSSR count). The molecule has 0 bridgehead atoms. The molecule has 0 saturated carbocycles. The second-order valence-electron chi connectivity index (χ2n) is 1.98. The number of hydrogen-bond acceptors (Lipinski definition) is 0. The molecule has 0 fully saturated rings. The van der Waals surface area contributed by atoms with E-state index in [-0.39, 0.29) is 19.5 Å². The predicted molar refractivity (Wildman–Crippen MR) is 38.6 cm³/mol. The van der Waals surface area contributed by atoms with E-state index in [9.17, 15) is 0 Å². The monoisotopic (exact) mass is 175 g/mol. The van der Waals surface area contributed by atoms with Gasteiger partial charge in [-0.3, -0.25) is 0 Å². The largest absolute Gasteiger partial charge is 0.332 e. The molecule has 0 radical (unpaired) electrons. The minimum atomic E-state index is 0. The van der Waals surface area contributed by atoms with Crippen molar-refractivity contribution in [2.24, 2.45) is 0 Å². The topological polar surface area (TPSA) is 0 Å². The summed E-state index contributed by atoms with van der Waals surface area (Å²) in [6.45, 7) is 5.75. The fourth-order valence-corrected chi connectivity index (χ4v) is 0.637. The molecule has 0 nitrogen and oxygen atoms in total. The maximum absolute atomic E-state index is 3.65. The van der Waals surface area contributed by atoms with Gasteiger partial charge in [0.15, 0.2) is 0 Å². The van der Waals surface area contributed by atoms with E-state index in [1.165, 1.54) is 25.7 Å². The van der Waals surface area contributed by atoms with Crippen molar-refractivity contribution in [2.75, 3.05) is 0 Å². The summed E-state index contributed by atoms with van der Waals surface area (Å²) < 4.78 is 0. The quantitative estimate of drug-likeness (QED) is 0.262. The van der Waals surface area contributed by atoms with Crippen LogP contribution in [0.25, 0.3) is 0 Å². The molecule has 0 heterocycles. The number of rotatable bonds is 5. The molecule has 9 heavy (non-hydrogen) atoms. The van der Waals surface area contributed by atoms with Crippen molar-refractivity contribution < 1.29 is 19.5 Å².